The molecule has 0 spiro atoms. The average molecular weight is 605 g/mol. The number of aromatic amines is 1. The van der Waals surface area contributed by atoms with Gasteiger partial charge in [-0.3, -0.25) is 4.98 Å². The first-order valence-corrected chi connectivity index (χ1v) is 11.8. The Morgan fingerprint density at radius 2 is 1.86 bits per heavy atom. The SMILES string of the molecule is Cc1cccc(-c2[nH]c(CN(I)Cc3ccccc3OC(F)(F)F)nc2-c2ccc3ncnn3c2)n1. The number of aromatic nitrogens is 6. The van der Waals surface area contributed by atoms with Gasteiger partial charge in [0.2, 0.25) is 0 Å². The Bertz CT molecular complexity index is 1520. The molecule has 5 rings (SSSR count). The molecule has 0 bridgehead atoms. The van der Waals surface area contributed by atoms with Crippen LogP contribution in [0.5, 0.6) is 5.75 Å². The minimum Gasteiger partial charge on any atom is -0.405 e. The van der Waals surface area contributed by atoms with Crippen molar-refractivity contribution in [2.45, 2.75) is 26.4 Å². The van der Waals surface area contributed by atoms with Crippen LogP contribution in [0.25, 0.3) is 28.3 Å². The van der Waals surface area contributed by atoms with E-state index in [0.717, 1.165) is 22.6 Å². The van der Waals surface area contributed by atoms with Gasteiger partial charge in [0.05, 0.1) is 23.6 Å². The normalized spacial score (nSPS) is 11.9. The summed E-state index contributed by atoms with van der Waals surface area (Å²) in [6, 6.07) is 15.6. The van der Waals surface area contributed by atoms with Crippen LogP contribution in [0.3, 0.4) is 0 Å². The minimum atomic E-state index is -4.76. The van der Waals surface area contributed by atoms with Crippen LogP contribution in [0.2, 0.25) is 0 Å². The van der Waals surface area contributed by atoms with Crippen molar-refractivity contribution >= 4 is 28.5 Å². The molecule has 0 fully saturated rings. The van der Waals surface area contributed by atoms with Crippen LogP contribution in [0.15, 0.2) is 67.1 Å². The molecule has 1 N–H and O–H groups in total. The zero-order valence-corrected chi connectivity index (χ0v) is 21.0. The molecule has 0 unspecified atom stereocenters. The van der Waals surface area contributed by atoms with E-state index in [1.807, 2.05) is 46.6 Å². The number of halogens is 4. The van der Waals surface area contributed by atoms with E-state index in [1.165, 1.54) is 18.5 Å². The molecule has 184 valence electrons. The lowest BCUT2D eigenvalue weighted by Crippen LogP contribution is -2.19. The zero-order valence-electron chi connectivity index (χ0n) is 18.9. The number of imidazole rings is 1. The van der Waals surface area contributed by atoms with Crippen molar-refractivity contribution in [2.75, 3.05) is 0 Å². The predicted molar refractivity (Wildman–Crippen MR) is 135 cm³/mol. The second kappa shape index (κ2) is 9.85. The summed E-state index contributed by atoms with van der Waals surface area (Å²) in [5.41, 5.74) is 4.95. The number of hydrogen-bond donors (Lipinski definition) is 1. The number of benzene rings is 1. The van der Waals surface area contributed by atoms with Gasteiger partial charge in [-0.1, -0.05) is 24.3 Å². The average Bonchev–Trinajstić information content (AvgIpc) is 3.46. The van der Waals surface area contributed by atoms with Crippen LogP contribution >= 0.6 is 22.9 Å². The number of para-hydroxylation sites is 1. The molecule has 0 atom stereocenters. The summed E-state index contributed by atoms with van der Waals surface area (Å²) in [6.07, 6.45) is -1.44. The topological polar surface area (TPSA) is 84.2 Å². The number of H-pyrrole nitrogens is 1. The molecule has 0 aliphatic carbocycles. The molecule has 4 aromatic heterocycles. The van der Waals surface area contributed by atoms with Gasteiger partial charge in [0.25, 0.3) is 0 Å². The van der Waals surface area contributed by atoms with Crippen molar-refractivity contribution in [3.05, 3.63) is 84.2 Å². The number of alkyl halides is 3. The molecule has 0 saturated carbocycles. The van der Waals surface area contributed by atoms with Gasteiger partial charge in [-0.15, -0.1) is 13.2 Å². The molecule has 0 radical (unpaired) electrons. The molecule has 4 heterocycles. The molecule has 12 heteroatoms. The maximum absolute atomic E-state index is 12.8. The molecule has 1 aromatic carbocycles. The molecular formula is C24H19F3IN7O. The van der Waals surface area contributed by atoms with E-state index in [2.05, 4.69) is 47.7 Å². The Morgan fingerprint density at radius 3 is 2.67 bits per heavy atom. The van der Waals surface area contributed by atoms with E-state index >= 15 is 0 Å². The van der Waals surface area contributed by atoms with E-state index in [1.54, 1.807) is 16.6 Å². The van der Waals surface area contributed by atoms with Crippen LogP contribution in [0, 0.1) is 6.92 Å². The Kier molecular flexibility index (Phi) is 6.62. The summed E-state index contributed by atoms with van der Waals surface area (Å²) in [4.78, 5) is 17.0. The monoisotopic (exact) mass is 605 g/mol. The number of pyridine rings is 2. The standard InChI is InChI=1S/C24H19F3IN7O/c1-15-5-4-7-18(31-15)23-22(17-9-10-21-29-14-30-35(21)12-17)32-20(33-23)13-34(28)11-16-6-2-3-8-19(16)36-24(25,26)27/h2-10,12,14H,11,13H2,1H3,(H,32,33). The van der Waals surface area contributed by atoms with Gasteiger partial charge < -0.3 is 9.72 Å². The lowest BCUT2D eigenvalue weighted by atomic mass is 10.1. The molecule has 0 saturated heterocycles. The van der Waals surface area contributed by atoms with Crippen LogP contribution in [-0.2, 0) is 13.1 Å². The minimum absolute atomic E-state index is 0.214. The summed E-state index contributed by atoms with van der Waals surface area (Å²) in [5.74, 6) is 0.406. The number of nitrogens with zero attached hydrogens (tertiary/aromatic N) is 6. The van der Waals surface area contributed by atoms with Crippen molar-refractivity contribution < 1.29 is 17.9 Å². The fourth-order valence-corrected chi connectivity index (χ4v) is 4.48. The van der Waals surface area contributed by atoms with Crippen LogP contribution < -0.4 is 4.74 Å². The van der Waals surface area contributed by atoms with Crippen molar-refractivity contribution in [1.29, 1.82) is 0 Å². The zero-order chi connectivity index (χ0) is 25.3. The van der Waals surface area contributed by atoms with E-state index < -0.39 is 6.36 Å². The molecule has 0 amide bonds. The first-order chi connectivity index (χ1) is 17.2. The summed E-state index contributed by atoms with van der Waals surface area (Å²) in [5, 5.41) is 4.21. The van der Waals surface area contributed by atoms with Gasteiger partial charge >= 0.3 is 6.36 Å². The Balaban J connectivity index is 1.46. The number of ether oxygens (including phenoxy) is 1. The highest BCUT2D eigenvalue weighted by Gasteiger charge is 2.32. The molecule has 8 nitrogen and oxygen atoms in total. The largest absolute Gasteiger partial charge is 0.573 e. The lowest BCUT2D eigenvalue weighted by molar-refractivity contribution is -0.274. The van der Waals surface area contributed by atoms with Gasteiger partial charge in [-0.2, -0.15) is 5.10 Å². The van der Waals surface area contributed by atoms with Crippen molar-refractivity contribution in [3.8, 4) is 28.4 Å². The van der Waals surface area contributed by atoms with E-state index in [4.69, 9.17) is 4.98 Å². The smallest absolute Gasteiger partial charge is 0.405 e. The van der Waals surface area contributed by atoms with E-state index in [0.29, 0.717) is 29.3 Å². The highest BCUT2D eigenvalue weighted by molar-refractivity contribution is 14.1. The van der Waals surface area contributed by atoms with Gasteiger partial charge in [-0.25, -0.2) is 17.6 Å². The number of fused-ring (bicyclic) bond motifs is 1. The molecule has 0 aliphatic rings. The number of rotatable bonds is 7. The maximum Gasteiger partial charge on any atom is 0.573 e. The van der Waals surface area contributed by atoms with Crippen molar-refractivity contribution in [1.82, 2.24) is 32.7 Å². The lowest BCUT2D eigenvalue weighted by Gasteiger charge is -2.17. The Labute approximate surface area is 217 Å². The second-order valence-electron chi connectivity index (χ2n) is 7.99. The van der Waals surface area contributed by atoms with E-state index in [9.17, 15) is 13.2 Å². The first-order valence-electron chi connectivity index (χ1n) is 10.8. The third-order valence-corrected chi connectivity index (χ3v) is 5.99. The molecule has 36 heavy (non-hydrogen) atoms. The second-order valence-corrected chi connectivity index (χ2v) is 9.35. The highest BCUT2D eigenvalue weighted by atomic mass is 127. The molecular weight excluding hydrogens is 586 g/mol. The van der Waals surface area contributed by atoms with Gasteiger partial charge in [-0.05, 0) is 37.3 Å². The predicted octanol–water partition coefficient (Wildman–Crippen LogP) is 5.74. The first kappa shape index (κ1) is 24.2. The van der Waals surface area contributed by atoms with Crippen molar-refractivity contribution in [2.24, 2.45) is 0 Å². The van der Waals surface area contributed by atoms with Crippen LogP contribution in [0.1, 0.15) is 17.1 Å². The highest BCUT2D eigenvalue weighted by Crippen LogP contribution is 2.31. The molecule has 5 aromatic rings. The molecule has 0 aliphatic heterocycles. The van der Waals surface area contributed by atoms with Gasteiger partial charge in [0.1, 0.15) is 17.9 Å². The number of aryl methyl sites for hydroxylation is 1. The van der Waals surface area contributed by atoms with Crippen LogP contribution in [-0.4, -0.2) is 39.0 Å². The van der Waals surface area contributed by atoms with Crippen molar-refractivity contribution in [3.63, 3.8) is 0 Å². The fourth-order valence-electron chi connectivity index (χ4n) is 3.79. The van der Waals surface area contributed by atoms with Crippen LogP contribution in [0.4, 0.5) is 13.2 Å². The third-order valence-electron chi connectivity index (χ3n) is 5.31. The summed E-state index contributed by atoms with van der Waals surface area (Å²) in [7, 11) is 0. The maximum atomic E-state index is 12.8. The Morgan fingerprint density at radius 1 is 1.03 bits per heavy atom. The van der Waals surface area contributed by atoms with E-state index in [-0.39, 0.29) is 12.3 Å². The third kappa shape index (κ3) is 5.49. The summed E-state index contributed by atoms with van der Waals surface area (Å²) in [6.45, 7) is 2.46. The fraction of sp³-hybridized carbons (Fsp3) is 0.167. The summed E-state index contributed by atoms with van der Waals surface area (Å²) < 4.78 is 46.1. The number of nitrogens with one attached hydrogen (secondary N) is 1. The Hall–Kier alpha value is -3.52. The number of hydrogen-bond acceptors (Lipinski definition) is 6. The van der Waals surface area contributed by atoms with Gasteiger partial charge in [0, 0.05) is 52.4 Å². The summed E-state index contributed by atoms with van der Waals surface area (Å²) >= 11 is 2.07. The van der Waals surface area contributed by atoms with Gasteiger partial charge in [0.15, 0.2) is 5.65 Å². The quantitative estimate of drug-likeness (QED) is 0.188.